The number of fused-ring (bicyclic) bond motifs is 3. The van der Waals surface area contributed by atoms with Gasteiger partial charge in [0.2, 0.25) is 11.8 Å². The number of aliphatic imine (C=N–C) groups is 1. The second-order valence-electron chi connectivity index (χ2n) is 13.0. The highest BCUT2D eigenvalue weighted by atomic mass is 32.1. The molecule has 52 heavy (non-hydrogen) atoms. The SMILES string of the molecule is CCCCCCOC(=O)/N=C(/N)c1csc([C@@H](C)NC(=O)[C@@H]2C[C@](F)(COC)CN2C(=O)CNC(=O)c2ccc3c(c2)-c2ccccc2C3(F)F)c1. The summed E-state index contributed by atoms with van der Waals surface area (Å²) >= 11 is 1.26. The van der Waals surface area contributed by atoms with Gasteiger partial charge in [0.05, 0.1) is 32.3 Å². The number of hydrogen-bond acceptors (Lipinski definition) is 7. The third kappa shape index (κ3) is 8.47. The van der Waals surface area contributed by atoms with Crippen molar-refractivity contribution in [3.63, 3.8) is 0 Å². The summed E-state index contributed by atoms with van der Waals surface area (Å²) in [5.74, 6) is -5.29. The highest BCUT2D eigenvalue weighted by Crippen LogP contribution is 2.51. The van der Waals surface area contributed by atoms with Gasteiger partial charge in [0.15, 0.2) is 5.67 Å². The predicted octanol–water partition coefficient (Wildman–Crippen LogP) is 5.85. The van der Waals surface area contributed by atoms with Gasteiger partial charge in [-0.3, -0.25) is 14.4 Å². The third-order valence-electron chi connectivity index (χ3n) is 9.13. The number of likely N-dealkylation sites (tertiary alicyclic amines) is 1. The van der Waals surface area contributed by atoms with Crippen molar-refractivity contribution in [2.45, 2.75) is 69.6 Å². The molecule has 0 saturated carbocycles. The maximum atomic E-state index is 15.8. The first kappa shape index (κ1) is 38.5. The molecule has 1 saturated heterocycles. The molecule has 4 N–H and O–H groups in total. The van der Waals surface area contributed by atoms with Gasteiger partial charge < -0.3 is 30.7 Å². The van der Waals surface area contributed by atoms with Crippen molar-refractivity contribution in [3.05, 3.63) is 81.0 Å². The van der Waals surface area contributed by atoms with E-state index >= 15 is 4.39 Å². The van der Waals surface area contributed by atoms with E-state index in [2.05, 4.69) is 22.5 Å². The topological polar surface area (TPSA) is 152 Å². The second-order valence-corrected chi connectivity index (χ2v) is 14.0. The van der Waals surface area contributed by atoms with Crippen molar-refractivity contribution in [2.75, 3.05) is 33.4 Å². The number of hydrogen-bond donors (Lipinski definition) is 3. The van der Waals surface area contributed by atoms with E-state index in [1.807, 2.05) is 0 Å². The van der Waals surface area contributed by atoms with Crippen LogP contribution in [0.4, 0.5) is 18.0 Å². The fourth-order valence-electron chi connectivity index (χ4n) is 6.45. The fraction of sp³-hybridized carbons (Fsp3) is 0.432. The van der Waals surface area contributed by atoms with Crippen molar-refractivity contribution >= 4 is 41.0 Å². The molecule has 1 aliphatic heterocycles. The molecule has 0 spiro atoms. The highest BCUT2D eigenvalue weighted by Gasteiger charge is 2.50. The largest absolute Gasteiger partial charge is 0.448 e. The van der Waals surface area contributed by atoms with Crippen molar-refractivity contribution in [3.8, 4) is 11.1 Å². The van der Waals surface area contributed by atoms with Crippen LogP contribution in [0.2, 0.25) is 0 Å². The number of benzene rings is 2. The predicted molar refractivity (Wildman–Crippen MR) is 190 cm³/mol. The summed E-state index contributed by atoms with van der Waals surface area (Å²) in [6.45, 7) is 2.65. The smallest absolute Gasteiger partial charge is 0.435 e. The number of thiophene rings is 1. The normalized spacial score (nSPS) is 19.5. The molecular weight excluding hydrogens is 699 g/mol. The molecular formula is C37H42F3N5O6S. The van der Waals surface area contributed by atoms with E-state index in [1.165, 1.54) is 48.8 Å². The maximum absolute atomic E-state index is 15.8. The van der Waals surface area contributed by atoms with Gasteiger partial charge in [0, 0.05) is 46.0 Å². The van der Waals surface area contributed by atoms with Gasteiger partial charge in [-0.05, 0) is 42.7 Å². The van der Waals surface area contributed by atoms with Gasteiger partial charge in [0.25, 0.3) is 11.8 Å². The van der Waals surface area contributed by atoms with Crippen molar-refractivity contribution < 1.29 is 41.8 Å². The number of alkyl halides is 3. The summed E-state index contributed by atoms with van der Waals surface area (Å²) in [5.41, 5.74) is 4.68. The molecule has 0 radical (unpaired) electrons. The van der Waals surface area contributed by atoms with Crippen LogP contribution in [-0.4, -0.2) is 79.7 Å². The molecule has 1 aliphatic carbocycles. The molecule has 5 rings (SSSR count). The number of methoxy groups -OCH3 is 1. The number of carbonyl (C=O) groups is 4. The van der Waals surface area contributed by atoms with Crippen molar-refractivity contribution in [1.29, 1.82) is 0 Å². The van der Waals surface area contributed by atoms with Gasteiger partial charge in [-0.15, -0.1) is 11.3 Å². The van der Waals surface area contributed by atoms with E-state index in [-0.39, 0.29) is 47.7 Å². The molecule has 15 heteroatoms. The molecule has 2 heterocycles. The average Bonchev–Trinajstić information content (AvgIpc) is 3.81. The van der Waals surface area contributed by atoms with Crippen LogP contribution in [0, 0.1) is 0 Å². The minimum absolute atomic E-state index is 0.0429. The molecule has 2 aliphatic rings. The number of rotatable bonds is 14. The van der Waals surface area contributed by atoms with E-state index in [1.54, 1.807) is 30.5 Å². The van der Waals surface area contributed by atoms with Crippen LogP contribution in [0.1, 0.15) is 83.9 Å². The Balaban J connectivity index is 1.21. The summed E-state index contributed by atoms with van der Waals surface area (Å²) in [5, 5.41) is 6.98. The molecule has 3 aromatic rings. The van der Waals surface area contributed by atoms with Crippen LogP contribution in [0.5, 0.6) is 0 Å². The van der Waals surface area contributed by atoms with E-state index < -0.39 is 60.6 Å². The maximum Gasteiger partial charge on any atom is 0.435 e. The molecule has 0 bridgehead atoms. The Bertz CT molecular complexity index is 1850. The van der Waals surface area contributed by atoms with Crippen molar-refractivity contribution in [1.82, 2.24) is 15.5 Å². The molecule has 0 unspecified atom stereocenters. The number of halogens is 3. The van der Waals surface area contributed by atoms with E-state index in [0.717, 1.165) is 30.6 Å². The minimum atomic E-state index is -3.21. The Morgan fingerprint density at radius 3 is 2.54 bits per heavy atom. The number of amides is 4. The van der Waals surface area contributed by atoms with Gasteiger partial charge in [-0.1, -0.05) is 56.5 Å². The number of unbranched alkanes of at least 4 members (excludes halogenated alkanes) is 3. The lowest BCUT2D eigenvalue weighted by Crippen LogP contribution is -2.49. The molecule has 3 atom stereocenters. The number of ether oxygens (including phenoxy) is 2. The van der Waals surface area contributed by atoms with E-state index in [9.17, 15) is 28.0 Å². The van der Waals surface area contributed by atoms with Gasteiger partial charge >= 0.3 is 6.09 Å². The molecule has 4 amide bonds. The Labute approximate surface area is 303 Å². The zero-order valence-electron chi connectivity index (χ0n) is 29.2. The summed E-state index contributed by atoms with van der Waals surface area (Å²) in [4.78, 5) is 57.7. The average molecular weight is 742 g/mol. The lowest BCUT2D eigenvalue weighted by molar-refractivity contribution is -0.138. The summed E-state index contributed by atoms with van der Waals surface area (Å²) in [6, 6.07) is 9.71. The standard InChI is InChI=1S/C37H42F3N5O6S/c1-4-5-6-9-14-51-35(49)44-32(41)24-16-30(52-19-24)22(2)43-34(48)29-17-36(38,21-50-3)20-45(29)31(46)18-42-33(47)23-12-13-28-26(15-23)25-10-7-8-11-27(25)37(28,39)40/h7-8,10-13,15-16,19,22,29H,4-6,9,14,17-18,20-21H2,1-3H3,(H,42,47)(H,43,48)(H2,41,44,49)/t22-,29+,36-/m1/s1. The lowest BCUT2D eigenvalue weighted by Gasteiger charge is -2.25. The zero-order chi connectivity index (χ0) is 37.6. The number of nitrogens with zero attached hydrogens (tertiary/aromatic N) is 2. The van der Waals surface area contributed by atoms with Crippen LogP contribution in [-0.2, 0) is 25.0 Å². The first-order valence-corrected chi connectivity index (χ1v) is 17.9. The van der Waals surface area contributed by atoms with Gasteiger partial charge in [-0.2, -0.15) is 13.8 Å². The second kappa shape index (κ2) is 16.3. The Morgan fingerprint density at radius 2 is 1.79 bits per heavy atom. The highest BCUT2D eigenvalue weighted by molar-refractivity contribution is 7.10. The van der Waals surface area contributed by atoms with Gasteiger partial charge in [-0.25, -0.2) is 9.18 Å². The van der Waals surface area contributed by atoms with Crippen LogP contribution < -0.4 is 16.4 Å². The molecule has 1 aromatic heterocycles. The molecule has 1 fully saturated rings. The van der Waals surface area contributed by atoms with Crippen LogP contribution in [0.25, 0.3) is 11.1 Å². The number of nitrogens with two attached hydrogens (primary N) is 1. The molecule has 2 aromatic carbocycles. The number of amidine groups is 1. The Morgan fingerprint density at radius 1 is 1.04 bits per heavy atom. The fourth-order valence-corrected chi connectivity index (χ4v) is 7.36. The molecule has 11 nitrogen and oxygen atoms in total. The molecule has 278 valence electrons. The van der Waals surface area contributed by atoms with E-state index in [4.69, 9.17) is 15.2 Å². The number of nitrogens with one attached hydrogen (secondary N) is 2. The first-order chi connectivity index (χ1) is 24.8. The Hall–Kier alpha value is -4.76. The lowest BCUT2D eigenvalue weighted by atomic mass is 10.0. The number of carbonyl (C=O) groups excluding carboxylic acids is 4. The summed E-state index contributed by atoms with van der Waals surface area (Å²) in [7, 11) is 1.31. The van der Waals surface area contributed by atoms with Crippen LogP contribution in [0.3, 0.4) is 0 Å². The Kier molecular flexibility index (Phi) is 12.0. The van der Waals surface area contributed by atoms with E-state index in [0.29, 0.717) is 16.0 Å². The zero-order valence-corrected chi connectivity index (χ0v) is 30.0. The van der Waals surface area contributed by atoms with Gasteiger partial charge in [0.1, 0.15) is 11.9 Å². The van der Waals surface area contributed by atoms with Crippen LogP contribution >= 0.6 is 11.3 Å². The van der Waals surface area contributed by atoms with Crippen molar-refractivity contribution in [2.24, 2.45) is 10.7 Å². The third-order valence-corrected chi connectivity index (χ3v) is 10.2. The quantitative estimate of drug-likeness (QED) is 0.106. The summed E-state index contributed by atoms with van der Waals surface area (Å²) in [6.07, 6.45) is 2.65. The minimum Gasteiger partial charge on any atom is -0.448 e. The summed E-state index contributed by atoms with van der Waals surface area (Å²) < 4.78 is 55.9. The monoisotopic (exact) mass is 741 g/mol. The first-order valence-electron chi connectivity index (χ1n) is 17.1. The van der Waals surface area contributed by atoms with Crippen LogP contribution in [0.15, 0.2) is 58.9 Å².